The monoisotopic (exact) mass is 340 g/mol. The molecule has 1 aromatic heterocycles. The van der Waals surface area contributed by atoms with Gasteiger partial charge in [0.25, 0.3) is 0 Å². The lowest BCUT2D eigenvalue weighted by Gasteiger charge is -2.03. The van der Waals surface area contributed by atoms with Crippen LogP contribution >= 0.6 is 23.4 Å². The molecule has 2 aromatic carbocycles. The van der Waals surface area contributed by atoms with Gasteiger partial charge < -0.3 is 0 Å². The van der Waals surface area contributed by atoms with Crippen molar-refractivity contribution < 1.29 is 4.79 Å². The molecule has 0 spiro atoms. The highest BCUT2D eigenvalue weighted by atomic mass is 35.5. The first-order chi connectivity index (χ1) is 11.2. The maximum atomic E-state index is 12.1. The van der Waals surface area contributed by atoms with Crippen LogP contribution in [-0.4, -0.2) is 21.7 Å². The van der Waals surface area contributed by atoms with Crippen LogP contribution in [0.3, 0.4) is 0 Å². The molecule has 0 radical (unpaired) electrons. The number of Topliss-reactive ketones (excluding diaryl/α,β-unsaturated/α-hetero) is 1. The highest BCUT2D eigenvalue weighted by Gasteiger charge is 2.08. The summed E-state index contributed by atoms with van der Waals surface area (Å²) in [7, 11) is 0. The van der Waals surface area contributed by atoms with Crippen molar-refractivity contribution >= 4 is 29.1 Å². The Morgan fingerprint density at radius 3 is 2.30 bits per heavy atom. The number of thioether (sulfide) groups is 1. The summed E-state index contributed by atoms with van der Waals surface area (Å²) in [6.45, 7) is 0. The van der Waals surface area contributed by atoms with E-state index in [-0.39, 0.29) is 5.78 Å². The van der Waals surface area contributed by atoms with Gasteiger partial charge in [0.1, 0.15) is 5.03 Å². The Kier molecular flexibility index (Phi) is 5.05. The molecule has 0 bridgehead atoms. The second kappa shape index (κ2) is 7.40. The molecular formula is C18H13ClN2OS. The van der Waals surface area contributed by atoms with Gasteiger partial charge in [-0.05, 0) is 36.4 Å². The lowest BCUT2D eigenvalue weighted by molar-refractivity contribution is 0.102. The Morgan fingerprint density at radius 2 is 1.65 bits per heavy atom. The molecule has 0 aliphatic rings. The number of halogens is 1. The number of hydrogen-bond donors (Lipinski definition) is 0. The Bertz CT molecular complexity index is 790. The normalized spacial score (nSPS) is 10.5. The van der Waals surface area contributed by atoms with Crippen LogP contribution in [0.1, 0.15) is 10.4 Å². The molecule has 0 N–H and O–H groups in total. The van der Waals surface area contributed by atoms with Crippen LogP contribution in [0.5, 0.6) is 0 Å². The van der Waals surface area contributed by atoms with Gasteiger partial charge in [-0.25, -0.2) is 0 Å². The summed E-state index contributed by atoms with van der Waals surface area (Å²) < 4.78 is 0. The van der Waals surface area contributed by atoms with Gasteiger partial charge in [0.2, 0.25) is 0 Å². The molecule has 0 unspecified atom stereocenters. The van der Waals surface area contributed by atoms with Gasteiger partial charge in [-0.3, -0.25) is 4.79 Å². The van der Waals surface area contributed by atoms with Crippen LogP contribution in [0, 0.1) is 0 Å². The van der Waals surface area contributed by atoms with Crippen LogP contribution in [0.4, 0.5) is 0 Å². The lowest BCUT2D eigenvalue weighted by Crippen LogP contribution is -2.02. The van der Waals surface area contributed by atoms with Crippen LogP contribution in [0.2, 0.25) is 5.02 Å². The molecule has 23 heavy (non-hydrogen) atoms. The zero-order valence-electron chi connectivity index (χ0n) is 12.1. The Morgan fingerprint density at radius 1 is 0.913 bits per heavy atom. The fraction of sp³-hybridized carbons (Fsp3) is 0.0556. The minimum atomic E-state index is 0.0422. The van der Waals surface area contributed by atoms with Gasteiger partial charge in [-0.1, -0.05) is 53.7 Å². The van der Waals surface area contributed by atoms with Crippen LogP contribution in [-0.2, 0) is 0 Å². The molecule has 0 saturated heterocycles. The summed E-state index contributed by atoms with van der Waals surface area (Å²) in [5.74, 6) is 0.363. The average molecular weight is 341 g/mol. The van der Waals surface area contributed by atoms with Crippen molar-refractivity contribution in [2.24, 2.45) is 0 Å². The molecule has 0 aliphatic heterocycles. The molecule has 114 valence electrons. The number of hydrogen-bond acceptors (Lipinski definition) is 4. The Hall–Kier alpha value is -2.17. The number of rotatable bonds is 5. The molecule has 0 aliphatic carbocycles. The second-order valence-electron chi connectivity index (χ2n) is 4.84. The topological polar surface area (TPSA) is 42.9 Å². The third-order valence-corrected chi connectivity index (χ3v) is 4.40. The number of carbonyl (C=O) groups excluding carboxylic acids is 1. The van der Waals surface area contributed by atoms with Crippen molar-refractivity contribution in [2.75, 3.05) is 5.75 Å². The summed E-state index contributed by atoms with van der Waals surface area (Å²) in [5.41, 5.74) is 2.49. The molecule has 0 amide bonds. The third-order valence-electron chi connectivity index (χ3n) is 3.23. The Labute approximate surface area is 143 Å². The third kappa shape index (κ3) is 4.18. The predicted molar refractivity (Wildman–Crippen MR) is 94.0 cm³/mol. The van der Waals surface area contributed by atoms with Crippen molar-refractivity contribution in [3.05, 3.63) is 77.3 Å². The largest absolute Gasteiger partial charge is 0.293 e. The Balaban J connectivity index is 1.62. The summed E-state index contributed by atoms with van der Waals surface area (Å²) >= 11 is 7.20. The first-order valence-electron chi connectivity index (χ1n) is 7.03. The molecule has 0 atom stereocenters. The summed E-state index contributed by atoms with van der Waals surface area (Å²) in [5, 5.41) is 9.74. The molecule has 0 fully saturated rings. The van der Waals surface area contributed by atoms with Crippen molar-refractivity contribution in [3.8, 4) is 11.3 Å². The minimum absolute atomic E-state index is 0.0422. The van der Waals surface area contributed by atoms with Gasteiger partial charge in [0, 0.05) is 16.1 Å². The van der Waals surface area contributed by atoms with E-state index in [1.165, 1.54) is 11.8 Å². The van der Waals surface area contributed by atoms with E-state index in [0.717, 1.165) is 16.3 Å². The second-order valence-corrected chi connectivity index (χ2v) is 6.27. The molecule has 0 saturated carbocycles. The number of nitrogens with zero attached hydrogens (tertiary/aromatic N) is 2. The van der Waals surface area contributed by atoms with E-state index in [2.05, 4.69) is 10.2 Å². The minimum Gasteiger partial charge on any atom is -0.293 e. The standard InChI is InChI=1S/C18H13ClN2OS/c19-15-8-6-14(7-9-15)17(22)12-23-18-11-10-16(20-21-18)13-4-2-1-3-5-13/h1-11H,12H2. The molecule has 3 rings (SSSR count). The number of benzene rings is 2. The zero-order chi connectivity index (χ0) is 16.1. The highest BCUT2D eigenvalue weighted by Crippen LogP contribution is 2.20. The van der Waals surface area contributed by atoms with Gasteiger partial charge in [0.05, 0.1) is 11.4 Å². The fourth-order valence-electron chi connectivity index (χ4n) is 2.02. The number of carbonyl (C=O) groups is 1. The molecule has 5 heteroatoms. The number of ketones is 1. The van der Waals surface area contributed by atoms with Crippen molar-refractivity contribution in [1.29, 1.82) is 0 Å². The first-order valence-corrected chi connectivity index (χ1v) is 8.39. The van der Waals surface area contributed by atoms with Crippen molar-refractivity contribution in [3.63, 3.8) is 0 Å². The van der Waals surface area contributed by atoms with E-state index in [4.69, 9.17) is 11.6 Å². The van der Waals surface area contributed by atoms with Gasteiger partial charge in [-0.15, -0.1) is 10.2 Å². The number of aromatic nitrogens is 2. The van der Waals surface area contributed by atoms with E-state index < -0.39 is 0 Å². The molecule has 3 nitrogen and oxygen atoms in total. The summed E-state index contributed by atoms with van der Waals surface area (Å²) in [6, 6.07) is 20.6. The summed E-state index contributed by atoms with van der Waals surface area (Å²) in [6.07, 6.45) is 0. The highest BCUT2D eigenvalue weighted by molar-refractivity contribution is 7.99. The van der Waals surface area contributed by atoms with E-state index in [1.807, 2.05) is 42.5 Å². The van der Waals surface area contributed by atoms with Gasteiger partial charge >= 0.3 is 0 Å². The van der Waals surface area contributed by atoms with Crippen molar-refractivity contribution in [1.82, 2.24) is 10.2 Å². The predicted octanol–water partition coefficient (Wildman–Crippen LogP) is 4.77. The average Bonchev–Trinajstić information content (AvgIpc) is 2.61. The van der Waals surface area contributed by atoms with E-state index in [0.29, 0.717) is 16.3 Å². The zero-order valence-corrected chi connectivity index (χ0v) is 13.7. The van der Waals surface area contributed by atoms with Crippen molar-refractivity contribution in [2.45, 2.75) is 5.03 Å². The maximum Gasteiger partial charge on any atom is 0.173 e. The van der Waals surface area contributed by atoms with E-state index in [9.17, 15) is 4.79 Å². The maximum absolute atomic E-state index is 12.1. The first kappa shape index (κ1) is 15.7. The summed E-state index contributed by atoms with van der Waals surface area (Å²) in [4.78, 5) is 12.1. The van der Waals surface area contributed by atoms with Crippen LogP contribution in [0.25, 0.3) is 11.3 Å². The van der Waals surface area contributed by atoms with Crippen LogP contribution in [0.15, 0.2) is 71.8 Å². The lowest BCUT2D eigenvalue weighted by atomic mass is 10.1. The fourth-order valence-corrected chi connectivity index (χ4v) is 2.85. The van der Waals surface area contributed by atoms with E-state index >= 15 is 0 Å². The smallest absolute Gasteiger partial charge is 0.173 e. The molecular weight excluding hydrogens is 328 g/mol. The quantitative estimate of drug-likeness (QED) is 0.495. The van der Waals surface area contributed by atoms with E-state index in [1.54, 1.807) is 24.3 Å². The van der Waals surface area contributed by atoms with Gasteiger partial charge in [-0.2, -0.15) is 0 Å². The van der Waals surface area contributed by atoms with Crippen LogP contribution < -0.4 is 0 Å². The molecule has 1 heterocycles. The van der Waals surface area contributed by atoms with Gasteiger partial charge in [0.15, 0.2) is 5.78 Å². The SMILES string of the molecule is O=C(CSc1ccc(-c2ccccc2)nn1)c1ccc(Cl)cc1. The molecule has 3 aromatic rings.